The average Bonchev–Trinajstić information content (AvgIpc) is 2.27. The summed E-state index contributed by atoms with van der Waals surface area (Å²) in [6.45, 7) is 0. The summed E-state index contributed by atoms with van der Waals surface area (Å²) in [5.74, 6) is -0.485. The van der Waals surface area contributed by atoms with Crippen LogP contribution >= 0.6 is 0 Å². The molecule has 0 saturated heterocycles. The molecule has 15 heavy (non-hydrogen) atoms. The zero-order valence-electron chi connectivity index (χ0n) is 8.62. The summed E-state index contributed by atoms with van der Waals surface area (Å²) >= 11 is 0. The van der Waals surface area contributed by atoms with Crippen LogP contribution in [0.25, 0.3) is 0 Å². The van der Waals surface area contributed by atoms with Crippen molar-refractivity contribution in [2.45, 2.75) is 12.8 Å². The van der Waals surface area contributed by atoms with Gasteiger partial charge in [-0.1, -0.05) is 0 Å². The topological polar surface area (TPSA) is 48.4 Å². The van der Waals surface area contributed by atoms with Crippen LogP contribution in [-0.4, -0.2) is 25.2 Å². The van der Waals surface area contributed by atoms with E-state index in [9.17, 15) is 9.18 Å². The smallest absolute Gasteiger partial charge is 0.305 e. The number of aromatic nitrogens is 1. The number of halogens is 1. The van der Waals surface area contributed by atoms with Gasteiger partial charge in [0.1, 0.15) is 5.82 Å². The molecular formula is C10H12FNO3. The Bertz CT molecular complexity index is 355. The van der Waals surface area contributed by atoms with Gasteiger partial charge < -0.3 is 9.47 Å². The summed E-state index contributed by atoms with van der Waals surface area (Å²) in [5, 5.41) is 0. The van der Waals surface area contributed by atoms with Gasteiger partial charge in [0.25, 0.3) is 0 Å². The molecule has 0 unspecified atom stereocenters. The number of methoxy groups -OCH3 is 2. The maximum absolute atomic E-state index is 13.2. The molecule has 1 aromatic rings. The van der Waals surface area contributed by atoms with Crippen LogP contribution in [0.4, 0.5) is 4.39 Å². The first-order valence-electron chi connectivity index (χ1n) is 4.42. The van der Waals surface area contributed by atoms with Crippen LogP contribution < -0.4 is 4.74 Å². The molecule has 82 valence electrons. The molecule has 5 heteroatoms. The van der Waals surface area contributed by atoms with Gasteiger partial charge in [-0.05, 0) is 12.0 Å². The zero-order chi connectivity index (χ0) is 11.3. The second-order valence-corrected chi connectivity index (χ2v) is 2.89. The predicted octanol–water partition coefficient (Wildman–Crippen LogP) is 1.33. The van der Waals surface area contributed by atoms with Gasteiger partial charge >= 0.3 is 5.97 Å². The number of nitrogens with zero attached hydrogens (tertiary/aromatic N) is 1. The van der Waals surface area contributed by atoms with Gasteiger partial charge in [0.15, 0.2) is 0 Å². The van der Waals surface area contributed by atoms with E-state index in [0.29, 0.717) is 11.4 Å². The molecule has 0 aliphatic carbocycles. The summed E-state index contributed by atoms with van der Waals surface area (Å²) in [6.07, 6.45) is 1.49. The Kier molecular flexibility index (Phi) is 4.03. The molecule has 0 saturated carbocycles. The minimum Gasteiger partial charge on any atom is -0.481 e. The van der Waals surface area contributed by atoms with Crippen molar-refractivity contribution in [3.63, 3.8) is 0 Å². The molecule has 0 aliphatic rings. The van der Waals surface area contributed by atoms with Gasteiger partial charge in [0.05, 0.1) is 20.4 Å². The Morgan fingerprint density at radius 3 is 2.87 bits per heavy atom. The van der Waals surface area contributed by atoms with E-state index in [-0.39, 0.29) is 18.8 Å². The molecule has 4 nitrogen and oxygen atoms in total. The molecule has 0 aromatic carbocycles. The Hall–Kier alpha value is -1.65. The largest absolute Gasteiger partial charge is 0.481 e. The second-order valence-electron chi connectivity index (χ2n) is 2.89. The van der Waals surface area contributed by atoms with Crippen molar-refractivity contribution in [2.75, 3.05) is 14.2 Å². The van der Waals surface area contributed by atoms with Crippen LogP contribution in [-0.2, 0) is 16.0 Å². The van der Waals surface area contributed by atoms with Crippen LogP contribution in [0.2, 0.25) is 0 Å². The molecule has 0 N–H and O–H groups in total. The van der Waals surface area contributed by atoms with Crippen LogP contribution in [0.1, 0.15) is 12.0 Å². The lowest BCUT2D eigenvalue weighted by Gasteiger charge is -2.04. The molecule has 1 rings (SSSR count). The lowest BCUT2D eigenvalue weighted by atomic mass is 10.1. The zero-order valence-corrected chi connectivity index (χ0v) is 8.62. The van der Waals surface area contributed by atoms with Crippen molar-refractivity contribution < 1.29 is 18.7 Å². The van der Waals surface area contributed by atoms with E-state index in [2.05, 4.69) is 9.72 Å². The van der Waals surface area contributed by atoms with Gasteiger partial charge in [-0.3, -0.25) is 4.79 Å². The van der Waals surface area contributed by atoms with E-state index < -0.39 is 5.82 Å². The van der Waals surface area contributed by atoms with Gasteiger partial charge in [-0.15, -0.1) is 0 Å². The van der Waals surface area contributed by atoms with E-state index in [1.807, 2.05) is 0 Å². The number of carbonyl (C=O) groups excluding carboxylic acids is 1. The Balaban J connectivity index is 2.70. The molecule has 1 heterocycles. The standard InChI is InChI=1S/C10H12FNO3/c1-14-9-5-7(8(11)6-12-9)3-4-10(13)15-2/h5-6H,3-4H2,1-2H3. The second kappa shape index (κ2) is 5.29. The summed E-state index contributed by atoms with van der Waals surface area (Å²) in [4.78, 5) is 14.6. The van der Waals surface area contributed by atoms with Crippen LogP contribution in [0.3, 0.4) is 0 Å². The SMILES string of the molecule is COC(=O)CCc1cc(OC)ncc1F. The molecule has 0 atom stereocenters. The van der Waals surface area contributed by atoms with Crippen molar-refractivity contribution in [2.24, 2.45) is 0 Å². The summed E-state index contributed by atoms with van der Waals surface area (Å²) in [5.41, 5.74) is 0.396. The third kappa shape index (κ3) is 3.19. The Labute approximate surface area is 87.0 Å². The Morgan fingerprint density at radius 1 is 1.53 bits per heavy atom. The van der Waals surface area contributed by atoms with E-state index in [1.165, 1.54) is 20.3 Å². The van der Waals surface area contributed by atoms with Gasteiger partial charge in [0, 0.05) is 12.5 Å². The van der Waals surface area contributed by atoms with E-state index >= 15 is 0 Å². The van der Waals surface area contributed by atoms with Gasteiger partial charge in [-0.2, -0.15) is 0 Å². The highest BCUT2D eigenvalue weighted by Crippen LogP contribution is 2.14. The highest BCUT2D eigenvalue weighted by molar-refractivity contribution is 5.69. The third-order valence-electron chi connectivity index (χ3n) is 1.94. The number of ether oxygens (including phenoxy) is 2. The summed E-state index contributed by atoms with van der Waals surface area (Å²) in [6, 6.07) is 1.47. The predicted molar refractivity (Wildman–Crippen MR) is 51.1 cm³/mol. The minimum atomic E-state index is -0.445. The molecular weight excluding hydrogens is 201 g/mol. The number of rotatable bonds is 4. The molecule has 0 radical (unpaired) electrons. The number of esters is 1. The molecule has 0 fully saturated rings. The normalized spacial score (nSPS) is 9.80. The fourth-order valence-corrected chi connectivity index (χ4v) is 1.10. The monoisotopic (exact) mass is 213 g/mol. The first kappa shape index (κ1) is 11.4. The fourth-order valence-electron chi connectivity index (χ4n) is 1.10. The number of hydrogen-bond acceptors (Lipinski definition) is 4. The summed E-state index contributed by atoms with van der Waals surface area (Å²) in [7, 11) is 2.75. The van der Waals surface area contributed by atoms with Crippen molar-refractivity contribution in [1.82, 2.24) is 4.98 Å². The highest BCUT2D eigenvalue weighted by Gasteiger charge is 2.08. The lowest BCUT2D eigenvalue weighted by molar-refractivity contribution is -0.140. The summed E-state index contributed by atoms with van der Waals surface area (Å²) < 4.78 is 22.5. The maximum Gasteiger partial charge on any atom is 0.305 e. The Morgan fingerprint density at radius 2 is 2.27 bits per heavy atom. The quantitative estimate of drug-likeness (QED) is 0.708. The van der Waals surface area contributed by atoms with E-state index in [1.54, 1.807) is 0 Å². The molecule has 0 spiro atoms. The van der Waals surface area contributed by atoms with Gasteiger partial charge in [0.2, 0.25) is 5.88 Å². The first-order chi connectivity index (χ1) is 7.17. The lowest BCUT2D eigenvalue weighted by Crippen LogP contribution is -2.03. The van der Waals surface area contributed by atoms with E-state index in [0.717, 1.165) is 6.20 Å². The van der Waals surface area contributed by atoms with Crippen LogP contribution in [0.15, 0.2) is 12.3 Å². The minimum absolute atomic E-state index is 0.139. The molecule has 0 aliphatic heterocycles. The highest BCUT2D eigenvalue weighted by atomic mass is 19.1. The number of carbonyl (C=O) groups is 1. The average molecular weight is 213 g/mol. The van der Waals surface area contributed by atoms with Crippen molar-refractivity contribution in [1.29, 1.82) is 0 Å². The van der Waals surface area contributed by atoms with Gasteiger partial charge in [-0.25, -0.2) is 9.37 Å². The molecule has 0 amide bonds. The number of aryl methyl sites for hydroxylation is 1. The third-order valence-corrected chi connectivity index (χ3v) is 1.94. The maximum atomic E-state index is 13.2. The first-order valence-corrected chi connectivity index (χ1v) is 4.42. The number of hydrogen-bond donors (Lipinski definition) is 0. The van der Waals surface area contributed by atoms with Crippen molar-refractivity contribution >= 4 is 5.97 Å². The fraction of sp³-hybridized carbons (Fsp3) is 0.400. The van der Waals surface area contributed by atoms with Crippen LogP contribution in [0.5, 0.6) is 5.88 Å². The molecule has 1 aromatic heterocycles. The molecule has 0 bridgehead atoms. The van der Waals surface area contributed by atoms with E-state index in [4.69, 9.17) is 4.74 Å². The number of pyridine rings is 1. The van der Waals surface area contributed by atoms with Crippen molar-refractivity contribution in [3.05, 3.63) is 23.6 Å². The van der Waals surface area contributed by atoms with Crippen molar-refractivity contribution in [3.8, 4) is 5.88 Å². The van der Waals surface area contributed by atoms with Crippen LogP contribution in [0, 0.1) is 5.82 Å².